The van der Waals surface area contributed by atoms with Crippen LogP contribution in [0.3, 0.4) is 0 Å². The highest BCUT2D eigenvalue weighted by Crippen LogP contribution is 2.45. The van der Waals surface area contributed by atoms with Crippen LogP contribution in [0.25, 0.3) is 0 Å². The molecule has 2 amide bonds. The van der Waals surface area contributed by atoms with Crippen LogP contribution in [0, 0.1) is 17.3 Å². The molecule has 278 valence electrons. The highest BCUT2D eigenvalue weighted by molar-refractivity contribution is 5.76. The summed E-state index contributed by atoms with van der Waals surface area (Å²) < 4.78 is 29.1. The van der Waals surface area contributed by atoms with Gasteiger partial charge in [0.1, 0.15) is 19.0 Å². The van der Waals surface area contributed by atoms with E-state index in [0.717, 1.165) is 47.6 Å². The number of hydrogen-bond acceptors (Lipinski definition) is 9. The zero-order chi connectivity index (χ0) is 36.3. The number of aliphatic hydroxyl groups excluding tert-OH is 1. The molecule has 0 bridgehead atoms. The fraction of sp³-hybridized carbons (Fsp3) is 0.632. The zero-order valence-corrected chi connectivity index (χ0v) is 30.6. The number of amides is 2. The van der Waals surface area contributed by atoms with Crippen LogP contribution in [0.15, 0.2) is 42.5 Å². The van der Waals surface area contributed by atoms with Gasteiger partial charge in [0.2, 0.25) is 5.91 Å². The van der Waals surface area contributed by atoms with E-state index in [0.29, 0.717) is 33.0 Å². The van der Waals surface area contributed by atoms with E-state index in [2.05, 4.69) is 35.3 Å². The van der Waals surface area contributed by atoms with E-state index in [1.165, 1.54) is 4.90 Å². The molecular formula is C38H57N3O9. The van der Waals surface area contributed by atoms with Gasteiger partial charge in [-0.25, -0.2) is 4.79 Å². The first-order chi connectivity index (χ1) is 24.0. The molecule has 0 aliphatic carbocycles. The van der Waals surface area contributed by atoms with E-state index in [9.17, 15) is 19.8 Å². The molecule has 0 radical (unpaired) electrons. The van der Waals surface area contributed by atoms with Crippen LogP contribution >= 0.6 is 0 Å². The molecule has 4 rings (SSSR count). The topological polar surface area (TPSA) is 139 Å². The average Bonchev–Trinajstić information content (AvgIpc) is 3.09. The molecule has 0 spiro atoms. The lowest BCUT2D eigenvalue weighted by atomic mass is 9.66. The first-order valence-corrected chi connectivity index (χ1v) is 17.6. The van der Waals surface area contributed by atoms with Crippen LogP contribution < -0.4 is 15.0 Å². The number of nitrogens with one attached hydrogen (secondary N) is 1. The SMILES string of the molecule is COCCCN1CCOc2ccc(CO[C@H]3CN(C(=O)O)C(C(C)(C)C)[C@@H](CNC(=O)CO)[C@@H]3c3ccc(COC[C@@H](C)COC)cc3)cc21. The van der Waals surface area contributed by atoms with E-state index >= 15 is 0 Å². The quantitative estimate of drug-likeness (QED) is 0.202. The minimum absolute atomic E-state index is 0.159. The number of carboxylic acid groups (broad SMARTS) is 1. The minimum atomic E-state index is -1.04. The number of likely N-dealkylation sites (tertiary alicyclic amines) is 1. The van der Waals surface area contributed by atoms with Crippen LogP contribution in [0.5, 0.6) is 5.75 Å². The molecule has 12 nitrogen and oxygen atoms in total. The molecule has 1 saturated heterocycles. The minimum Gasteiger partial charge on any atom is -0.490 e. The monoisotopic (exact) mass is 699 g/mol. The highest BCUT2D eigenvalue weighted by Gasteiger charge is 2.50. The van der Waals surface area contributed by atoms with Gasteiger partial charge in [-0.1, -0.05) is 58.0 Å². The average molecular weight is 700 g/mol. The maximum absolute atomic E-state index is 12.8. The van der Waals surface area contributed by atoms with Crippen molar-refractivity contribution in [2.24, 2.45) is 17.3 Å². The number of anilines is 1. The van der Waals surface area contributed by atoms with E-state index in [-0.39, 0.29) is 37.5 Å². The Morgan fingerprint density at radius 2 is 1.78 bits per heavy atom. The molecular weight excluding hydrogens is 642 g/mol. The van der Waals surface area contributed by atoms with E-state index < -0.39 is 36.2 Å². The standard InChI is InChI=1S/C38H57N3O9/c1-26(22-47-6)23-48-24-27-8-11-29(12-9-27)35-30(19-39-34(43)21-42)36(38(2,3)4)41(37(44)45)20-33(35)50-25-28-10-13-32-31(18-28)40(15-17-49-32)14-7-16-46-5/h8-13,18,26,30,33,35-36,42H,7,14-17,19-25H2,1-6H3,(H,39,43)(H,44,45)/t26-,30-,33-,35-,36?/m0/s1. The Bertz CT molecular complexity index is 1370. The summed E-state index contributed by atoms with van der Waals surface area (Å²) >= 11 is 0. The highest BCUT2D eigenvalue weighted by atomic mass is 16.5. The molecule has 5 atom stereocenters. The van der Waals surface area contributed by atoms with Crippen molar-refractivity contribution in [3.05, 3.63) is 59.2 Å². The van der Waals surface area contributed by atoms with Crippen LogP contribution in [0.1, 0.15) is 56.7 Å². The van der Waals surface area contributed by atoms with Crippen molar-refractivity contribution in [1.29, 1.82) is 0 Å². The van der Waals surface area contributed by atoms with E-state index in [1.807, 2.05) is 45.0 Å². The molecule has 1 unspecified atom stereocenters. The number of carbonyl (C=O) groups excluding carboxylic acids is 1. The number of benzene rings is 2. The number of methoxy groups -OCH3 is 2. The van der Waals surface area contributed by atoms with Crippen LogP contribution in [-0.2, 0) is 37.0 Å². The number of fused-ring (bicyclic) bond motifs is 1. The Morgan fingerprint density at radius 3 is 2.44 bits per heavy atom. The first kappa shape index (κ1) is 39.4. The third-order valence-corrected chi connectivity index (χ3v) is 9.50. The van der Waals surface area contributed by atoms with Crippen LogP contribution in [0.2, 0.25) is 0 Å². The fourth-order valence-corrected chi connectivity index (χ4v) is 7.37. The second-order valence-electron chi connectivity index (χ2n) is 14.5. The van der Waals surface area contributed by atoms with Crippen molar-refractivity contribution in [3.63, 3.8) is 0 Å². The van der Waals surface area contributed by atoms with Gasteiger partial charge < -0.3 is 49.0 Å². The molecule has 0 saturated carbocycles. The van der Waals surface area contributed by atoms with Gasteiger partial charge in [-0.15, -0.1) is 0 Å². The Balaban J connectivity index is 1.65. The lowest BCUT2D eigenvalue weighted by molar-refractivity contribution is -0.125. The lowest BCUT2D eigenvalue weighted by Crippen LogP contribution is -2.63. The van der Waals surface area contributed by atoms with Gasteiger partial charge in [0.25, 0.3) is 0 Å². The van der Waals surface area contributed by atoms with E-state index in [1.54, 1.807) is 14.2 Å². The number of nitrogens with zero attached hydrogens (tertiary/aromatic N) is 2. The third-order valence-electron chi connectivity index (χ3n) is 9.50. The van der Waals surface area contributed by atoms with Crippen molar-refractivity contribution in [3.8, 4) is 5.75 Å². The summed E-state index contributed by atoms with van der Waals surface area (Å²) in [6.45, 7) is 12.7. The lowest BCUT2D eigenvalue weighted by Gasteiger charge is -2.53. The Kier molecular flexibility index (Phi) is 14.7. The Labute approximate surface area is 297 Å². The Morgan fingerprint density at radius 1 is 1.04 bits per heavy atom. The maximum atomic E-state index is 12.8. The molecule has 50 heavy (non-hydrogen) atoms. The van der Waals surface area contributed by atoms with Gasteiger partial charge in [-0.05, 0) is 40.7 Å². The van der Waals surface area contributed by atoms with Crippen molar-refractivity contribution in [1.82, 2.24) is 10.2 Å². The van der Waals surface area contributed by atoms with Crippen LogP contribution in [-0.4, -0.2) is 113 Å². The number of carbonyl (C=O) groups is 2. The predicted octanol–water partition coefficient (Wildman–Crippen LogP) is 4.52. The molecule has 2 aromatic rings. The van der Waals surface area contributed by atoms with Gasteiger partial charge in [0.05, 0.1) is 51.3 Å². The van der Waals surface area contributed by atoms with Crippen molar-refractivity contribution in [2.45, 2.75) is 65.4 Å². The van der Waals surface area contributed by atoms with Gasteiger partial charge >= 0.3 is 6.09 Å². The van der Waals surface area contributed by atoms with Crippen molar-refractivity contribution in [2.75, 3.05) is 78.3 Å². The molecule has 12 heteroatoms. The molecule has 3 N–H and O–H groups in total. The largest absolute Gasteiger partial charge is 0.490 e. The van der Waals surface area contributed by atoms with Crippen molar-refractivity contribution < 1.29 is 43.5 Å². The van der Waals surface area contributed by atoms with Gasteiger partial charge in [0, 0.05) is 57.7 Å². The van der Waals surface area contributed by atoms with Gasteiger partial charge in [-0.3, -0.25) is 4.79 Å². The number of piperidine rings is 1. The summed E-state index contributed by atoms with van der Waals surface area (Å²) in [6, 6.07) is 13.8. The number of hydrogen-bond donors (Lipinski definition) is 3. The summed E-state index contributed by atoms with van der Waals surface area (Å²) in [5.41, 5.74) is 3.49. The second kappa shape index (κ2) is 18.7. The van der Waals surface area contributed by atoms with Crippen molar-refractivity contribution >= 4 is 17.7 Å². The summed E-state index contributed by atoms with van der Waals surface area (Å²) in [4.78, 5) is 29.0. The molecule has 2 aliphatic rings. The predicted molar refractivity (Wildman–Crippen MR) is 191 cm³/mol. The van der Waals surface area contributed by atoms with Gasteiger partial charge in [0.15, 0.2) is 0 Å². The summed E-state index contributed by atoms with van der Waals surface area (Å²) in [5, 5.41) is 22.9. The smallest absolute Gasteiger partial charge is 0.407 e. The summed E-state index contributed by atoms with van der Waals surface area (Å²) in [7, 11) is 3.39. The summed E-state index contributed by atoms with van der Waals surface area (Å²) in [6.07, 6.45) is -0.669. The normalized spacial score (nSPS) is 21.3. The van der Waals surface area contributed by atoms with E-state index in [4.69, 9.17) is 23.7 Å². The van der Waals surface area contributed by atoms with Crippen LogP contribution in [0.4, 0.5) is 10.5 Å². The second-order valence-corrected chi connectivity index (χ2v) is 14.5. The number of ether oxygens (including phenoxy) is 5. The summed E-state index contributed by atoms with van der Waals surface area (Å²) in [5.74, 6) is -0.0254. The third kappa shape index (κ3) is 10.6. The molecule has 1 fully saturated rings. The number of aliphatic hydroxyl groups is 1. The molecule has 2 heterocycles. The Hall–Kier alpha value is -3.42. The zero-order valence-electron chi connectivity index (χ0n) is 30.6. The number of rotatable bonds is 17. The molecule has 0 aromatic heterocycles. The van der Waals surface area contributed by atoms with Gasteiger partial charge in [-0.2, -0.15) is 0 Å². The fourth-order valence-electron chi connectivity index (χ4n) is 7.37. The molecule has 2 aliphatic heterocycles. The molecule has 2 aromatic carbocycles. The maximum Gasteiger partial charge on any atom is 0.407 e. The first-order valence-electron chi connectivity index (χ1n) is 17.6.